The molecule has 4 amide bonds. The number of nitrogens with zero attached hydrogens (tertiary/aromatic N) is 2. The van der Waals surface area contributed by atoms with Gasteiger partial charge in [-0.15, -0.1) is 0 Å². The van der Waals surface area contributed by atoms with Crippen molar-refractivity contribution in [1.82, 2.24) is 5.32 Å². The van der Waals surface area contributed by atoms with Crippen LogP contribution in [0.1, 0.15) is 11.1 Å². The number of nitrogens with one attached hydrogen (secondary N) is 1. The number of urea groups is 1. The lowest BCUT2D eigenvalue weighted by Crippen LogP contribution is -2.73. The molecule has 32 heavy (non-hydrogen) atoms. The Labute approximate surface area is 185 Å². The molecule has 2 atom stereocenters. The maximum absolute atomic E-state index is 13.9. The lowest BCUT2D eigenvalue weighted by Gasteiger charge is -2.53. The molecular weight excluding hydrogens is 443 g/mol. The third-order valence-electron chi connectivity index (χ3n) is 6.31. The average Bonchev–Trinajstić information content (AvgIpc) is 2.77. The monoisotopic (exact) mass is 461 g/mol. The van der Waals surface area contributed by atoms with E-state index in [1.165, 1.54) is 6.07 Å². The Kier molecular flexibility index (Phi) is 4.74. The van der Waals surface area contributed by atoms with Crippen LogP contribution in [0.15, 0.2) is 48.5 Å². The van der Waals surface area contributed by atoms with Crippen molar-refractivity contribution in [3.8, 4) is 0 Å². The van der Waals surface area contributed by atoms with E-state index < -0.39 is 41.0 Å². The van der Waals surface area contributed by atoms with Crippen molar-refractivity contribution in [1.29, 1.82) is 0 Å². The normalized spacial score (nSPS) is 25.5. The first kappa shape index (κ1) is 20.9. The maximum atomic E-state index is 13.9. The number of carbonyl (C=O) groups excluding carboxylic acids is 3. The molecule has 0 bridgehead atoms. The second-order valence-electron chi connectivity index (χ2n) is 8.01. The minimum atomic E-state index is -4.55. The number of para-hydroxylation sites is 1. The first-order valence-electron chi connectivity index (χ1n) is 10.0. The van der Waals surface area contributed by atoms with Gasteiger partial charge in [0.1, 0.15) is 0 Å². The molecule has 0 aliphatic carbocycles. The Hall–Kier alpha value is -3.01. The van der Waals surface area contributed by atoms with Crippen LogP contribution in [0.25, 0.3) is 0 Å². The minimum Gasteiger partial charge on any atom is -0.365 e. The van der Waals surface area contributed by atoms with Crippen molar-refractivity contribution in [3.05, 3.63) is 59.7 Å². The SMILES string of the molecule is O=C1NC(=O)[C@@]2(Cc3cc(C(F)(F)F)ccc3N3CCSC[C@H]32)C(=O)N1c1ccccc1. The zero-order valence-corrected chi connectivity index (χ0v) is 17.5. The summed E-state index contributed by atoms with van der Waals surface area (Å²) in [7, 11) is 0. The van der Waals surface area contributed by atoms with Crippen LogP contribution in [0.2, 0.25) is 0 Å². The maximum Gasteiger partial charge on any atom is 0.416 e. The number of imide groups is 2. The van der Waals surface area contributed by atoms with Crippen LogP contribution >= 0.6 is 11.8 Å². The number of barbiturate groups is 1. The van der Waals surface area contributed by atoms with E-state index in [2.05, 4.69) is 5.32 Å². The zero-order valence-electron chi connectivity index (χ0n) is 16.7. The summed E-state index contributed by atoms with van der Waals surface area (Å²) in [5.74, 6) is -0.320. The molecule has 2 fully saturated rings. The van der Waals surface area contributed by atoms with Crippen molar-refractivity contribution in [2.24, 2.45) is 5.41 Å². The second-order valence-corrected chi connectivity index (χ2v) is 9.16. The van der Waals surface area contributed by atoms with Gasteiger partial charge in [-0.05, 0) is 42.3 Å². The van der Waals surface area contributed by atoms with E-state index in [0.29, 0.717) is 29.4 Å². The average molecular weight is 461 g/mol. The predicted octanol–water partition coefficient (Wildman–Crippen LogP) is 3.45. The molecule has 1 spiro atoms. The number of anilines is 2. The number of alkyl halides is 3. The lowest BCUT2D eigenvalue weighted by atomic mass is 9.68. The number of carbonyl (C=O) groups is 3. The summed E-state index contributed by atoms with van der Waals surface area (Å²) < 4.78 is 40.2. The zero-order chi connectivity index (χ0) is 22.7. The van der Waals surface area contributed by atoms with Gasteiger partial charge in [-0.3, -0.25) is 14.9 Å². The third-order valence-corrected chi connectivity index (χ3v) is 7.33. The van der Waals surface area contributed by atoms with Gasteiger partial charge in [-0.1, -0.05) is 18.2 Å². The standard InChI is InChI=1S/C22H18F3N3O3S/c23-22(24,25)14-6-7-16-13(10-14)11-21(17-12-32-9-8-27(16)17)18(29)26-20(31)28(19(21)30)15-4-2-1-3-5-15/h1-7,10,17H,8-9,11-12H2,(H,26,29,31)/t17-,21-/m0/s1. The lowest BCUT2D eigenvalue weighted by molar-refractivity contribution is -0.144. The summed E-state index contributed by atoms with van der Waals surface area (Å²) in [5.41, 5.74) is -1.39. The van der Waals surface area contributed by atoms with E-state index in [0.717, 1.165) is 17.0 Å². The molecule has 10 heteroatoms. The first-order valence-corrected chi connectivity index (χ1v) is 11.2. The van der Waals surface area contributed by atoms with E-state index in [-0.39, 0.29) is 12.0 Å². The minimum absolute atomic E-state index is 0.213. The quantitative estimate of drug-likeness (QED) is 0.659. The highest BCUT2D eigenvalue weighted by molar-refractivity contribution is 7.99. The van der Waals surface area contributed by atoms with Crippen LogP contribution < -0.4 is 15.1 Å². The van der Waals surface area contributed by atoms with Crippen molar-refractivity contribution < 1.29 is 27.6 Å². The van der Waals surface area contributed by atoms with Crippen LogP contribution in [0, 0.1) is 5.41 Å². The molecule has 5 rings (SSSR count). The summed E-state index contributed by atoms with van der Waals surface area (Å²) in [6.07, 6.45) is -4.77. The molecule has 6 nitrogen and oxygen atoms in total. The van der Waals surface area contributed by atoms with Gasteiger partial charge in [0, 0.05) is 23.7 Å². The number of rotatable bonds is 1. The van der Waals surface area contributed by atoms with Crippen molar-refractivity contribution >= 4 is 41.0 Å². The Morgan fingerprint density at radius 1 is 1.06 bits per heavy atom. The van der Waals surface area contributed by atoms with Crippen LogP contribution in [0.5, 0.6) is 0 Å². The van der Waals surface area contributed by atoms with Crippen LogP contribution in [0.3, 0.4) is 0 Å². The van der Waals surface area contributed by atoms with Crippen molar-refractivity contribution in [2.75, 3.05) is 27.9 Å². The second kappa shape index (κ2) is 7.26. The van der Waals surface area contributed by atoms with E-state index in [9.17, 15) is 27.6 Å². The number of benzene rings is 2. The first-order chi connectivity index (χ1) is 15.2. The molecule has 3 heterocycles. The highest BCUT2D eigenvalue weighted by Crippen LogP contribution is 2.48. The molecule has 3 aliphatic rings. The third kappa shape index (κ3) is 3.00. The summed E-state index contributed by atoms with van der Waals surface area (Å²) >= 11 is 1.57. The topological polar surface area (TPSA) is 69.7 Å². The molecule has 2 aromatic carbocycles. The smallest absolute Gasteiger partial charge is 0.365 e. The number of amides is 4. The molecule has 166 valence electrons. The highest BCUT2D eigenvalue weighted by Gasteiger charge is 2.62. The molecule has 3 aliphatic heterocycles. The van der Waals surface area contributed by atoms with Crippen LogP contribution in [-0.4, -0.2) is 41.9 Å². The molecule has 1 N–H and O–H groups in total. The van der Waals surface area contributed by atoms with Gasteiger partial charge < -0.3 is 4.90 Å². The van der Waals surface area contributed by atoms with E-state index in [4.69, 9.17) is 0 Å². The fourth-order valence-corrected chi connectivity index (χ4v) is 6.00. The fraction of sp³-hybridized carbons (Fsp3) is 0.318. The van der Waals surface area contributed by atoms with Crippen molar-refractivity contribution in [3.63, 3.8) is 0 Å². The molecule has 0 saturated carbocycles. The number of thioether (sulfide) groups is 1. The Balaban J connectivity index is 1.67. The predicted molar refractivity (Wildman–Crippen MR) is 114 cm³/mol. The largest absolute Gasteiger partial charge is 0.416 e. The van der Waals surface area contributed by atoms with Crippen LogP contribution in [0.4, 0.5) is 29.3 Å². The Morgan fingerprint density at radius 2 is 1.81 bits per heavy atom. The number of hydrogen-bond donors (Lipinski definition) is 1. The number of halogens is 3. The molecule has 2 saturated heterocycles. The van der Waals surface area contributed by atoms with Crippen molar-refractivity contribution in [2.45, 2.75) is 18.6 Å². The molecule has 0 unspecified atom stereocenters. The number of fused-ring (bicyclic) bond motifs is 4. The molecular formula is C22H18F3N3O3S. The molecule has 2 aromatic rings. The van der Waals surface area contributed by atoms with E-state index in [1.807, 2.05) is 4.90 Å². The summed E-state index contributed by atoms with van der Waals surface area (Å²) in [6.45, 7) is 0.481. The van der Waals surface area contributed by atoms with Crippen LogP contribution in [-0.2, 0) is 22.2 Å². The Bertz CT molecular complexity index is 1120. The van der Waals surface area contributed by atoms with Gasteiger partial charge >= 0.3 is 12.2 Å². The molecule has 0 aromatic heterocycles. The van der Waals surface area contributed by atoms with Gasteiger partial charge in [0.05, 0.1) is 17.3 Å². The van der Waals surface area contributed by atoms with E-state index in [1.54, 1.807) is 42.1 Å². The van der Waals surface area contributed by atoms with Gasteiger partial charge in [0.2, 0.25) is 5.91 Å². The number of hydrogen-bond acceptors (Lipinski definition) is 5. The molecule has 0 radical (unpaired) electrons. The summed E-state index contributed by atoms with van der Waals surface area (Å²) in [6, 6.07) is 10.2. The highest BCUT2D eigenvalue weighted by atomic mass is 32.2. The van der Waals surface area contributed by atoms with E-state index >= 15 is 0 Å². The van der Waals surface area contributed by atoms with Gasteiger partial charge in [-0.25, -0.2) is 9.69 Å². The van der Waals surface area contributed by atoms with Gasteiger partial charge in [0.25, 0.3) is 5.91 Å². The Morgan fingerprint density at radius 3 is 2.53 bits per heavy atom. The van der Waals surface area contributed by atoms with Gasteiger partial charge in [-0.2, -0.15) is 24.9 Å². The van der Waals surface area contributed by atoms with Gasteiger partial charge in [0.15, 0.2) is 5.41 Å². The summed E-state index contributed by atoms with van der Waals surface area (Å²) in [5, 5.41) is 2.30. The summed E-state index contributed by atoms with van der Waals surface area (Å²) in [4.78, 5) is 42.6. The fourth-order valence-electron chi connectivity index (χ4n) is 4.82.